The first kappa shape index (κ1) is 21.9. The highest BCUT2D eigenvalue weighted by Crippen LogP contribution is 2.28. The fraction of sp³-hybridized carbons (Fsp3) is 0. The number of anilines is 2. The third-order valence-electron chi connectivity index (χ3n) is 5.00. The first-order chi connectivity index (χ1) is 17.0. The first-order valence-corrected chi connectivity index (χ1v) is 11.1. The molecule has 0 aliphatic carbocycles. The van der Waals surface area contributed by atoms with Gasteiger partial charge in [0.05, 0.1) is 4.92 Å². The fourth-order valence-corrected chi connectivity index (χ4v) is 4.05. The Labute approximate surface area is 201 Å². The van der Waals surface area contributed by atoms with Crippen molar-refractivity contribution in [3.63, 3.8) is 0 Å². The van der Waals surface area contributed by atoms with E-state index in [1.54, 1.807) is 42.5 Å². The summed E-state index contributed by atoms with van der Waals surface area (Å²) in [5, 5.41) is 25.8. The predicted molar refractivity (Wildman–Crippen MR) is 131 cm³/mol. The molecule has 0 saturated carbocycles. The van der Waals surface area contributed by atoms with Crippen molar-refractivity contribution in [3.8, 4) is 10.6 Å². The van der Waals surface area contributed by atoms with Crippen LogP contribution in [0, 0.1) is 10.1 Å². The molecule has 10 nitrogen and oxygen atoms in total. The summed E-state index contributed by atoms with van der Waals surface area (Å²) in [6.45, 7) is 0. The number of nitrogens with one attached hydrogen (secondary N) is 2. The van der Waals surface area contributed by atoms with Crippen molar-refractivity contribution >= 4 is 50.6 Å². The van der Waals surface area contributed by atoms with E-state index in [1.165, 1.54) is 18.2 Å². The average molecular weight is 485 g/mol. The largest absolute Gasteiger partial charge is 0.451 e. The molecule has 2 N–H and O–H groups in total. The summed E-state index contributed by atoms with van der Waals surface area (Å²) in [5.74, 6) is -0.708. The molecule has 0 aliphatic heterocycles. The second-order valence-electron chi connectivity index (χ2n) is 7.35. The molecule has 0 bridgehead atoms. The average Bonchev–Trinajstić information content (AvgIpc) is 3.51. The smallest absolute Gasteiger partial charge is 0.291 e. The molecule has 0 fully saturated rings. The van der Waals surface area contributed by atoms with E-state index in [4.69, 9.17) is 4.42 Å². The van der Waals surface area contributed by atoms with Crippen LogP contribution in [0.2, 0.25) is 0 Å². The van der Waals surface area contributed by atoms with Crippen LogP contribution in [0.5, 0.6) is 0 Å². The Balaban J connectivity index is 1.27. The van der Waals surface area contributed by atoms with Crippen molar-refractivity contribution in [2.75, 3.05) is 10.6 Å². The van der Waals surface area contributed by atoms with Crippen molar-refractivity contribution in [2.45, 2.75) is 0 Å². The molecule has 0 radical (unpaired) electrons. The van der Waals surface area contributed by atoms with Gasteiger partial charge < -0.3 is 9.73 Å². The normalized spacial score (nSPS) is 10.7. The standard InChI is InChI=1S/C24H15N5O5S/c30-21(26-24-28-27-23(35-24)14-8-10-18(11-9-14)29(32)33)16-5-3-6-17(12-16)25-22(31)20-13-15-4-1-2-7-19(15)34-20/h1-13H,(H,25,31)(H,26,28,30). The Morgan fingerprint density at radius 3 is 2.46 bits per heavy atom. The highest BCUT2D eigenvalue weighted by Gasteiger charge is 2.15. The predicted octanol–water partition coefficient (Wildman–Crippen LogP) is 5.36. The van der Waals surface area contributed by atoms with Gasteiger partial charge in [0, 0.05) is 34.3 Å². The summed E-state index contributed by atoms with van der Waals surface area (Å²) in [6.07, 6.45) is 0. The maximum Gasteiger partial charge on any atom is 0.291 e. The van der Waals surface area contributed by atoms with E-state index in [2.05, 4.69) is 20.8 Å². The molecule has 0 saturated heterocycles. The van der Waals surface area contributed by atoms with Crippen molar-refractivity contribution in [3.05, 3.63) is 100 Å². The van der Waals surface area contributed by atoms with Crippen LogP contribution in [0.1, 0.15) is 20.9 Å². The second-order valence-corrected chi connectivity index (χ2v) is 8.33. The van der Waals surface area contributed by atoms with E-state index >= 15 is 0 Å². The van der Waals surface area contributed by atoms with E-state index in [9.17, 15) is 19.7 Å². The summed E-state index contributed by atoms with van der Waals surface area (Å²) in [5.41, 5.74) is 1.95. The maximum absolute atomic E-state index is 12.7. The van der Waals surface area contributed by atoms with Crippen molar-refractivity contribution in [1.82, 2.24) is 10.2 Å². The van der Waals surface area contributed by atoms with Gasteiger partial charge in [-0.15, -0.1) is 10.2 Å². The van der Waals surface area contributed by atoms with E-state index in [1.807, 2.05) is 18.2 Å². The van der Waals surface area contributed by atoms with Gasteiger partial charge in [-0.2, -0.15) is 0 Å². The Bertz CT molecular complexity index is 1540. The maximum atomic E-state index is 12.7. The Morgan fingerprint density at radius 2 is 1.69 bits per heavy atom. The third kappa shape index (κ3) is 4.75. The zero-order valence-electron chi connectivity index (χ0n) is 17.8. The van der Waals surface area contributed by atoms with Gasteiger partial charge >= 0.3 is 0 Å². The van der Waals surface area contributed by atoms with E-state index in [-0.39, 0.29) is 16.6 Å². The molecule has 5 aromatic rings. The number of carbonyl (C=O) groups excluding carboxylic acids is 2. The third-order valence-corrected chi connectivity index (χ3v) is 5.89. The molecule has 11 heteroatoms. The lowest BCUT2D eigenvalue weighted by Gasteiger charge is -2.06. The molecule has 35 heavy (non-hydrogen) atoms. The Kier molecular flexibility index (Phi) is 5.73. The fourth-order valence-electron chi connectivity index (χ4n) is 3.31. The summed E-state index contributed by atoms with van der Waals surface area (Å²) < 4.78 is 5.58. The number of fused-ring (bicyclic) bond motifs is 1. The molecule has 2 heterocycles. The summed E-state index contributed by atoms with van der Waals surface area (Å²) in [4.78, 5) is 35.6. The summed E-state index contributed by atoms with van der Waals surface area (Å²) >= 11 is 1.13. The highest BCUT2D eigenvalue weighted by atomic mass is 32.1. The number of carbonyl (C=O) groups is 2. The zero-order chi connectivity index (χ0) is 24.4. The number of furan rings is 1. The lowest BCUT2D eigenvalue weighted by Crippen LogP contribution is -2.14. The lowest BCUT2D eigenvalue weighted by molar-refractivity contribution is -0.384. The highest BCUT2D eigenvalue weighted by molar-refractivity contribution is 7.18. The minimum Gasteiger partial charge on any atom is -0.451 e. The van der Waals surface area contributed by atoms with Crippen molar-refractivity contribution in [2.24, 2.45) is 0 Å². The van der Waals surface area contributed by atoms with Gasteiger partial charge in [-0.1, -0.05) is 35.6 Å². The van der Waals surface area contributed by atoms with Crippen LogP contribution in [-0.4, -0.2) is 26.9 Å². The van der Waals surface area contributed by atoms with Gasteiger partial charge in [-0.25, -0.2) is 0 Å². The molecule has 0 atom stereocenters. The molecule has 0 unspecified atom stereocenters. The number of aromatic nitrogens is 2. The Hall–Kier alpha value is -4.90. The molecular formula is C24H15N5O5S. The van der Waals surface area contributed by atoms with Crippen LogP contribution in [0.15, 0.2) is 83.3 Å². The van der Waals surface area contributed by atoms with Crippen LogP contribution in [-0.2, 0) is 0 Å². The number of amides is 2. The van der Waals surface area contributed by atoms with Crippen LogP contribution >= 0.6 is 11.3 Å². The number of benzene rings is 3. The number of hydrogen-bond donors (Lipinski definition) is 2. The second kappa shape index (κ2) is 9.15. The monoisotopic (exact) mass is 485 g/mol. The van der Waals surface area contributed by atoms with E-state index in [0.717, 1.165) is 16.7 Å². The van der Waals surface area contributed by atoms with Crippen LogP contribution in [0.25, 0.3) is 21.5 Å². The molecule has 0 aliphatic rings. The SMILES string of the molecule is O=C(Nc1nnc(-c2ccc([N+](=O)[O-])cc2)s1)c1cccc(NC(=O)c2cc3ccccc3o2)c1. The molecule has 0 spiro atoms. The summed E-state index contributed by atoms with van der Waals surface area (Å²) in [7, 11) is 0. The van der Waals surface area contributed by atoms with E-state index in [0.29, 0.717) is 27.4 Å². The van der Waals surface area contributed by atoms with Gasteiger partial charge in [-0.05, 0) is 42.5 Å². The van der Waals surface area contributed by atoms with Gasteiger partial charge in [-0.3, -0.25) is 25.0 Å². The van der Waals surface area contributed by atoms with Gasteiger partial charge in [0.25, 0.3) is 17.5 Å². The lowest BCUT2D eigenvalue weighted by atomic mass is 10.2. The van der Waals surface area contributed by atoms with Gasteiger partial charge in [0.1, 0.15) is 10.6 Å². The number of nitro groups is 1. The number of para-hydroxylation sites is 1. The van der Waals surface area contributed by atoms with Gasteiger partial charge in [0.2, 0.25) is 5.13 Å². The molecule has 2 amide bonds. The first-order valence-electron chi connectivity index (χ1n) is 10.3. The number of nitro benzene ring substituents is 1. The topological polar surface area (TPSA) is 140 Å². The molecule has 5 rings (SSSR count). The molecular weight excluding hydrogens is 470 g/mol. The quantitative estimate of drug-likeness (QED) is 0.243. The van der Waals surface area contributed by atoms with Gasteiger partial charge in [0.15, 0.2) is 5.76 Å². The number of nitrogens with zero attached hydrogens (tertiary/aromatic N) is 3. The van der Waals surface area contributed by atoms with Crippen LogP contribution < -0.4 is 10.6 Å². The molecule has 2 aromatic heterocycles. The number of rotatable bonds is 6. The van der Waals surface area contributed by atoms with Crippen LogP contribution in [0.3, 0.4) is 0 Å². The summed E-state index contributed by atoms with van der Waals surface area (Å²) in [6, 6.07) is 21.3. The minimum absolute atomic E-state index is 0.0286. The molecule has 3 aromatic carbocycles. The molecule has 172 valence electrons. The Morgan fingerprint density at radius 1 is 0.886 bits per heavy atom. The van der Waals surface area contributed by atoms with Crippen LogP contribution in [0.4, 0.5) is 16.5 Å². The van der Waals surface area contributed by atoms with Crippen molar-refractivity contribution in [1.29, 1.82) is 0 Å². The minimum atomic E-state index is -0.483. The van der Waals surface area contributed by atoms with E-state index < -0.39 is 16.7 Å². The van der Waals surface area contributed by atoms with Crippen molar-refractivity contribution < 1.29 is 18.9 Å². The number of hydrogen-bond acceptors (Lipinski definition) is 8. The zero-order valence-corrected chi connectivity index (χ0v) is 18.6. The number of non-ortho nitro benzene ring substituents is 1.